The molecule has 3 aliphatic rings. The Morgan fingerprint density at radius 1 is 1.37 bits per heavy atom. The lowest BCUT2D eigenvalue weighted by atomic mass is 9.78. The molecule has 2 aliphatic heterocycles. The van der Waals surface area contributed by atoms with Crippen molar-refractivity contribution >= 4 is 22.3 Å². The first-order chi connectivity index (χ1) is 16.5. The minimum absolute atomic E-state index is 0.105. The Morgan fingerprint density at radius 2 is 2.14 bits per heavy atom. The van der Waals surface area contributed by atoms with E-state index in [-0.39, 0.29) is 41.4 Å². The van der Waals surface area contributed by atoms with Gasteiger partial charge in [0.2, 0.25) is 5.91 Å². The van der Waals surface area contributed by atoms with Crippen LogP contribution in [0, 0.1) is 5.92 Å². The number of likely N-dealkylation sites (tertiary alicyclic amines) is 1. The molecule has 4 rings (SSSR count). The van der Waals surface area contributed by atoms with Crippen molar-refractivity contribution in [1.82, 2.24) is 20.9 Å². The number of hydrogen-bond acceptors (Lipinski definition) is 7. The van der Waals surface area contributed by atoms with Crippen molar-refractivity contribution in [3.63, 3.8) is 0 Å². The van der Waals surface area contributed by atoms with E-state index in [1.165, 1.54) is 24.3 Å². The van der Waals surface area contributed by atoms with Gasteiger partial charge in [0.05, 0.1) is 5.70 Å². The van der Waals surface area contributed by atoms with Gasteiger partial charge in [-0.05, 0) is 57.5 Å². The Labute approximate surface area is 203 Å². The highest BCUT2D eigenvalue weighted by Gasteiger charge is 2.55. The first kappa shape index (κ1) is 25.1. The molecule has 0 bridgehead atoms. The molecule has 3 atom stereocenters. The summed E-state index contributed by atoms with van der Waals surface area (Å²) in [6.07, 6.45) is 2.91. The molecule has 1 aromatic rings. The standard InChI is InChI=1S/C23H28F2N4O5S/c1-3-26-19-12-15(24)11-18-20(19)28-22(31)23(18,2)29-9-5-7-16(13-29)27-21(30)14-6-4-8-17(10-14)34-35(25,32)33/h4,6,8,10,12,16,18,26H,3,5,7,9,11,13H2,1-2H3,(H,27,30)(H,28,31)/t16-,18?,23?/m1/s1. The second-order valence-corrected chi connectivity index (χ2v) is 10.0. The van der Waals surface area contributed by atoms with Gasteiger partial charge in [-0.2, -0.15) is 8.42 Å². The zero-order chi connectivity index (χ0) is 25.4. The van der Waals surface area contributed by atoms with Gasteiger partial charge in [-0.15, -0.1) is 0 Å². The largest absolute Gasteiger partial charge is 0.488 e. The molecule has 0 aromatic heterocycles. The van der Waals surface area contributed by atoms with Crippen LogP contribution in [0.5, 0.6) is 5.75 Å². The maximum absolute atomic E-state index is 14.5. The van der Waals surface area contributed by atoms with Crippen molar-refractivity contribution in [2.24, 2.45) is 5.92 Å². The second-order valence-electron chi connectivity index (χ2n) is 9.07. The van der Waals surface area contributed by atoms with E-state index in [4.69, 9.17) is 0 Å². The monoisotopic (exact) mass is 510 g/mol. The smallest absolute Gasteiger partial charge is 0.384 e. The van der Waals surface area contributed by atoms with E-state index >= 15 is 0 Å². The molecule has 2 fully saturated rings. The number of nitrogens with one attached hydrogen (secondary N) is 3. The molecular formula is C23H28F2N4O5S. The van der Waals surface area contributed by atoms with Crippen LogP contribution >= 0.6 is 0 Å². The Morgan fingerprint density at radius 3 is 2.86 bits per heavy atom. The minimum atomic E-state index is -5.21. The van der Waals surface area contributed by atoms with Gasteiger partial charge in [0.25, 0.3) is 5.91 Å². The Hall–Kier alpha value is -2.99. The fraction of sp³-hybridized carbons (Fsp3) is 0.478. The van der Waals surface area contributed by atoms with Gasteiger partial charge in [-0.25, -0.2) is 4.39 Å². The number of hydrogen-bond donors (Lipinski definition) is 3. The summed E-state index contributed by atoms with van der Waals surface area (Å²) in [7, 11) is -5.21. The molecule has 0 spiro atoms. The highest BCUT2D eigenvalue weighted by molar-refractivity contribution is 7.81. The van der Waals surface area contributed by atoms with E-state index in [0.29, 0.717) is 43.9 Å². The van der Waals surface area contributed by atoms with Gasteiger partial charge in [0.1, 0.15) is 17.1 Å². The fourth-order valence-corrected chi connectivity index (χ4v) is 5.44. The Balaban J connectivity index is 1.50. The molecule has 2 saturated heterocycles. The van der Waals surface area contributed by atoms with E-state index in [0.717, 1.165) is 6.07 Å². The van der Waals surface area contributed by atoms with Crippen molar-refractivity contribution in [3.05, 3.63) is 53.1 Å². The van der Waals surface area contributed by atoms with Gasteiger partial charge in [-0.3, -0.25) is 14.5 Å². The van der Waals surface area contributed by atoms with Gasteiger partial charge < -0.3 is 20.1 Å². The van der Waals surface area contributed by atoms with Gasteiger partial charge in [-0.1, -0.05) is 9.95 Å². The molecule has 190 valence electrons. The quantitative estimate of drug-likeness (QED) is 0.481. The molecule has 2 amide bonds. The van der Waals surface area contributed by atoms with Crippen LogP contribution in [0.4, 0.5) is 8.28 Å². The maximum Gasteiger partial charge on any atom is 0.488 e. The second kappa shape index (κ2) is 9.57. The molecule has 0 saturated carbocycles. The number of benzene rings is 1. The van der Waals surface area contributed by atoms with E-state index in [1.807, 2.05) is 18.7 Å². The third-order valence-electron chi connectivity index (χ3n) is 6.80. The number of nitrogens with zero attached hydrogens (tertiary/aromatic N) is 1. The molecule has 1 aliphatic carbocycles. The molecule has 0 radical (unpaired) electrons. The number of rotatable bonds is 7. The topological polar surface area (TPSA) is 117 Å². The number of carbonyl (C=O) groups excluding carboxylic acids is 2. The summed E-state index contributed by atoms with van der Waals surface area (Å²) in [5, 5.41) is 8.97. The van der Waals surface area contributed by atoms with Crippen LogP contribution < -0.4 is 20.1 Å². The van der Waals surface area contributed by atoms with Crippen LogP contribution in [0.3, 0.4) is 0 Å². The van der Waals surface area contributed by atoms with Gasteiger partial charge in [0, 0.05) is 42.7 Å². The van der Waals surface area contributed by atoms with Crippen molar-refractivity contribution in [3.8, 4) is 5.75 Å². The lowest BCUT2D eigenvalue weighted by Gasteiger charge is -2.45. The number of amides is 2. The number of likely N-dealkylation sites (N-methyl/N-ethyl adjacent to an activating group) is 1. The Bertz CT molecular complexity index is 1200. The van der Waals surface area contributed by atoms with E-state index < -0.39 is 22.0 Å². The molecular weight excluding hydrogens is 482 g/mol. The summed E-state index contributed by atoms with van der Waals surface area (Å²) < 4.78 is 53.0. The van der Waals surface area contributed by atoms with Crippen LogP contribution in [0.1, 0.15) is 43.5 Å². The predicted molar refractivity (Wildman–Crippen MR) is 124 cm³/mol. The Kier molecular flexibility index (Phi) is 6.87. The van der Waals surface area contributed by atoms with Gasteiger partial charge >= 0.3 is 10.5 Å². The maximum atomic E-state index is 14.5. The molecule has 3 N–H and O–H groups in total. The van der Waals surface area contributed by atoms with Crippen molar-refractivity contribution in [1.29, 1.82) is 0 Å². The predicted octanol–water partition coefficient (Wildman–Crippen LogP) is 2.06. The summed E-state index contributed by atoms with van der Waals surface area (Å²) in [6.45, 7) is 5.28. The number of allylic oxidation sites excluding steroid dienone is 2. The minimum Gasteiger partial charge on any atom is -0.384 e. The number of carbonyl (C=O) groups is 2. The van der Waals surface area contributed by atoms with Crippen molar-refractivity contribution in [2.75, 3.05) is 19.6 Å². The summed E-state index contributed by atoms with van der Waals surface area (Å²) >= 11 is 0. The summed E-state index contributed by atoms with van der Waals surface area (Å²) in [6, 6.07) is 4.89. The lowest BCUT2D eigenvalue weighted by molar-refractivity contribution is -0.131. The molecule has 2 heterocycles. The van der Waals surface area contributed by atoms with E-state index in [2.05, 4.69) is 20.1 Å². The van der Waals surface area contributed by atoms with Crippen LogP contribution in [0.25, 0.3) is 0 Å². The average molecular weight is 511 g/mol. The zero-order valence-electron chi connectivity index (χ0n) is 19.4. The molecule has 2 unspecified atom stereocenters. The van der Waals surface area contributed by atoms with Crippen LogP contribution in [-0.2, 0) is 15.3 Å². The summed E-state index contributed by atoms with van der Waals surface area (Å²) in [4.78, 5) is 28.0. The highest BCUT2D eigenvalue weighted by Crippen LogP contribution is 2.44. The van der Waals surface area contributed by atoms with Crippen molar-refractivity contribution < 1.29 is 30.5 Å². The number of piperidine rings is 1. The third kappa shape index (κ3) is 5.18. The van der Waals surface area contributed by atoms with Gasteiger partial charge in [0.15, 0.2) is 0 Å². The SMILES string of the molecule is CCNC1=C2NC(=O)C(C)(N3CCC[C@@H](NC(=O)c4cccc(OS(=O)(=O)F)c4)C3)C2CC(F)=C1. The third-order valence-corrected chi connectivity index (χ3v) is 7.19. The van der Waals surface area contributed by atoms with E-state index in [1.54, 1.807) is 0 Å². The number of halogens is 2. The molecule has 12 heteroatoms. The number of fused-ring (bicyclic) bond motifs is 1. The fourth-order valence-electron chi connectivity index (χ4n) is 5.11. The molecule has 9 nitrogen and oxygen atoms in total. The summed E-state index contributed by atoms with van der Waals surface area (Å²) in [5.41, 5.74) is 0.381. The van der Waals surface area contributed by atoms with Crippen molar-refractivity contribution in [2.45, 2.75) is 44.7 Å². The summed E-state index contributed by atoms with van der Waals surface area (Å²) in [5.74, 6) is -1.69. The lowest BCUT2D eigenvalue weighted by Crippen LogP contribution is -2.61. The molecule has 35 heavy (non-hydrogen) atoms. The van der Waals surface area contributed by atoms with Crippen LogP contribution in [-0.4, -0.2) is 56.3 Å². The first-order valence-corrected chi connectivity index (χ1v) is 12.8. The molecule has 1 aromatic carbocycles. The zero-order valence-corrected chi connectivity index (χ0v) is 20.3. The van der Waals surface area contributed by atoms with E-state index in [9.17, 15) is 26.3 Å². The van der Waals surface area contributed by atoms with Crippen LogP contribution in [0.2, 0.25) is 0 Å². The van der Waals surface area contributed by atoms with Crippen LogP contribution in [0.15, 0.2) is 47.6 Å². The normalized spacial score (nSPS) is 27.1. The highest BCUT2D eigenvalue weighted by atomic mass is 32.3. The first-order valence-electron chi connectivity index (χ1n) is 11.5. The average Bonchev–Trinajstić information content (AvgIpc) is 3.04.